The summed E-state index contributed by atoms with van der Waals surface area (Å²) in [6, 6.07) is 6.90. The Balaban J connectivity index is 2.04. The van der Waals surface area contributed by atoms with Crippen molar-refractivity contribution < 1.29 is 4.74 Å². The second-order valence-corrected chi connectivity index (χ2v) is 5.59. The van der Waals surface area contributed by atoms with Gasteiger partial charge in [-0.1, -0.05) is 6.07 Å². The molecule has 0 aliphatic carbocycles. The predicted molar refractivity (Wildman–Crippen MR) is 78.9 cm³/mol. The Labute approximate surface area is 114 Å². The fraction of sp³-hybridized carbons (Fsp3) is 0.500. The Bertz CT molecular complexity index is 588. The molecule has 1 aliphatic rings. The molecule has 3 heteroatoms. The fourth-order valence-electron chi connectivity index (χ4n) is 3.31. The summed E-state index contributed by atoms with van der Waals surface area (Å²) in [7, 11) is 3.99. The van der Waals surface area contributed by atoms with Gasteiger partial charge in [-0.3, -0.25) is 0 Å². The normalized spacial score (nSPS) is 20.3. The van der Waals surface area contributed by atoms with Crippen LogP contribution in [0.5, 0.6) is 5.75 Å². The third-order valence-electron chi connectivity index (χ3n) is 4.43. The first-order valence-corrected chi connectivity index (χ1v) is 7.05. The van der Waals surface area contributed by atoms with Gasteiger partial charge in [0.1, 0.15) is 5.75 Å². The fourth-order valence-corrected chi connectivity index (χ4v) is 3.31. The second-order valence-electron chi connectivity index (χ2n) is 5.59. The Hall–Kier alpha value is -1.48. The van der Waals surface area contributed by atoms with Crippen molar-refractivity contribution >= 4 is 10.9 Å². The van der Waals surface area contributed by atoms with Crippen LogP contribution in [0.4, 0.5) is 0 Å². The molecule has 0 bridgehead atoms. The number of aromatic nitrogens is 1. The Morgan fingerprint density at radius 3 is 2.95 bits per heavy atom. The Kier molecular flexibility index (Phi) is 3.23. The van der Waals surface area contributed by atoms with Crippen molar-refractivity contribution in [3.63, 3.8) is 0 Å². The third kappa shape index (κ3) is 2.12. The molecule has 1 atom stereocenters. The number of likely N-dealkylation sites (tertiary alicyclic amines) is 1. The summed E-state index contributed by atoms with van der Waals surface area (Å²) >= 11 is 0. The molecular weight excluding hydrogens is 236 g/mol. The first-order valence-electron chi connectivity index (χ1n) is 7.05. The highest BCUT2D eigenvalue weighted by atomic mass is 16.5. The van der Waals surface area contributed by atoms with Crippen molar-refractivity contribution in [3.8, 4) is 5.75 Å². The summed E-state index contributed by atoms with van der Waals surface area (Å²) in [5, 5.41) is 1.27. The summed E-state index contributed by atoms with van der Waals surface area (Å²) in [6.45, 7) is 3.40. The van der Waals surface area contributed by atoms with Gasteiger partial charge in [-0.25, -0.2) is 0 Å². The van der Waals surface area contributed by atoms with Gasteiger partial charge in [0, 0.05) is 22.6 Å². The lowest BCUT2D eigenvalue weighted by atomic mass is 10.0. The van der Waals surface area contributed by atoms with E-state index >= 15 is 0 Å². The molecule has 1 fully saturated rings. The zero-order chi connectivity index (χ0) is 13.4. The van der Waals surface area contributed by atoms with Gasteiger partial charge in [0.05, 0.1) is 7.11 Å². The molecule has 1 saturated heterocycles. The SMILES string of the molecule is COc1cccc2[nH]c(C)c(C[C@H]3CCCN3C)c12. The van der Waals surface area contributed by atoms with Gasteiger partial charge in [-0.05, 0) is 57.5 Å². The van der Waals surface area contributed by atoms with Crippen molar-refractivity contribution in [1.82, 2.24) is 9.88 Å². The van der Waals surface area contributed by atoms with E-state index in [4.69, 9.17) is 4.74 Å². The molecule has 0 amide bonds. The Morgan fingerprint density at radius 1 is 1.42 bits per heavy atom. The lowest BCUT2D eigenvalue weighted by molar-refractivity contribution is 0.309. The zero-order valence-corrected chi connectivity index (χ0v) is 12.0. The van der Waals surface area contributed by atoms with E-state index in [-0.39, 0.29) is 0 Å². The molecule has 0 saturated carbocycles. The molecule has 19 heavy (non-hydrogen) atoms. The van der Waals surface area contributed by atoms with Crippen LogP contribution >= 0.6 is 0 Å². The molecule has 0 radical (unpaired) electrons. The van der Waals surface area contributed by atoms with Crippen LogP contribution in [0.25, 0.3) is 10.9 Å². The van der Waals surface area contributed by atoms with Crippen LogP contribution in [0.1, 0.15) is 24.1 Å². The standard InChI is InChI=1S/C16H22N2O/c1-11-13(10-12-6-5-9-18(12)2)16-14(17-11)7-4-8-15(16)19-3/h4,7-8,12,17H,5-6,9-10H2,1-3H3/t12-/m1/s1. The molecule has 1 aromatic carbocycles. The first kappa shape index (κ1) is 12.5. The smallest absolute Gasteiger partial charge is 0.128 e. The highest BCUT2D eigenvalue weighted by molar-refractivity contribution is 5.90. The molecule has 0 unspecified atom stereocenters. The number of hydrogen-bond acceptors (Lipinski definition) is 2. The van der Waals surface area contributed by atoms with Gasteiger partial charge in [0.25, 0.3) is 0 Å². The van der Waals surface area contributed by atoms with Gasteiger partial charge in [-0.2, -0.15) is 0 Å². The van der Waals surface area contributed by atoms with E-state index in [0.29, 0.717) is 6.04 Å². The summed E-state index contributed by atoms with van der Waals surface area (Å²) in [4.78, 5) is 5.97. The molecule has 2 aromatic rings. The van der Waals surface area contributed by atoms with Gasteiger partial charge in [0.15, 0.2) is 0 Å². The van der Waals surface area contributed by atoms with E-state index in [9.17, 15) is 0 Å². The van der Waals surface area contributed by atoms with Gasteiger partial charge in [0.2, 0.25) is 0 Å². The topological polar surface area (TPSA) is 28.3 Å². The molecule has 3 nitrogen and oxygen atoms in total. The van der Waals surface area contributed by atoms with Gasteiger partial charge < -0.3 is 14.6 Å². The minimum Gasteiger partial charge on any atom is -0.496 e. The van der Waals surface area contributed by atoms with E-state index in [0.717, 1.165) is 12.2 Å². The minimum absolute atomic E-state index is 0.669. The lowest BCUT2D eigenvalue weighted by Crippen LogP contribution is -2.27. The van der Waals surface area contributed by atoms with Gasteiger partial charge >= 0.3 is 0 Å². The zero-order valence-electron chi connectivity index (χ0n) is 12.0. The monoisotopic (exact) mass is 258 g/mol. The summed E-state index contributed by atoms with van der Waals surface area (Å²) in [5.74, 6) is 0.984. The molecule has 102 valence electrons. The maximum absolute atomic E-state index is 5.54. The van der Waals surface area contributed by atoms with Crippen LogP contribution < -0.4 is 4.74 Å². The van der Waals surface area contributed by atoms with Crippen molar-refractivity contribution in [2.75, 3.05) is 20.7 Å². The largest absolute Gasteiger partial charge is 0.496 e. The number of likely N-dealkylation sites (N-methyl/N-ethyl adjacent to an activating group) is 1. The third-order valence-corrected chi connectivity index (χ3v) is 4.43. The van der Waals surface area contributed by atoms with E-state index in [1.54, 1.807) is 7.11 Å². The summed E-state index contributed by atoms with van der Waals surface area (Å²) < 4.78 is 5.54. The molecule has 3 rings (SSSR count). The highest BCUT2D eigenvalue weighted by Gasteiger charge is 2.24. The van der Waals surface area contributed by atoms with Crippen molar-refractivity contribution in [2.24, 2.45) is 0 Å². The molecule has 1 aromatic heterocycles. The van der Waals surface area contributed by atoms with Crippen LogP contribution in [-0.4, -0.2) is 36.6 Å². The number of nitrogens with zero attached hydrogens (tertiary/aromatic N) is 1. The molecule has 2 heterocycles. The number of rotatable bonds is 3. The first-order chi connectivity index (χ1) is 9.20. The van der Waals surface area contributed by atoms with E-state index < -0.39 is 0 Å². The van der Waals surface area contributed by atoms with E-state index in [1.807, 2.05) is 6.07 Å². The highest BCUT2D eigenvalue weighted by Crippen LogP contribution is 2.33. The van der Waals surface area contributed by atoms with Crippen molar-refractivity contribution in [3.05, 3.63) is 29.5 Å². The van der Waals surface area contributed by atoms with Crippen molar-refractivity contribution in [2.45, 2.75) is 32.2 Å². The van der Waals surface area contributed by atoms with E-state index in [1.165, 1.54) is 41.5 Å². The summed E-state index contributed by atoms with van der Waals surface area (Å²) in [5.41, 5.74) is 3.89. The number of H-pyrrole nitrogens is 1. The molecule has 1 N–H and O–H groups in total. The number of nitrogens with one attached hydrogen (secondary N) is 1. The minimum atomic E-state index is 0.669. The molecule has 0 spiro atoms. The number of ether oxygens (including phenoxy) is 1. The van der Waals surface area contributed by atoms with E-state index in [2.05, 4.69) is 36.0 Å². The Morgan fingerprint density at radius 2 is 2.26 bits per heavy atom. The maximum Gasteiger partial charge on any atom is 0.128 e. The predicted octanol–water partition coefficient (Wildman–Crippen LogP) is 3.12. The number of aryl methyl sites for hydroxylation is 1. The van der Waals surface area contributed by atoms with Crippen LogP contribution in [-0.2, 0) is 6.42 Å². The molecule has 1 aliphatic heterocycles. The number of aromatic amines is 1. The van der Waals surface area contributed by atoms with Gasteiger partial charge in [-0.15, -0.1) is 0 Å². The van der Waals surface area contributed by atoms with Crippen LogP contribution in [0.2, 0.25) is 0 Å². The second kappa shape index (κ2) is 4.89. The number of methoxy groups -OCH3 is 1. The maximum atomic E-state index is 5.54. The quantitative estimate of drug-likeness (QED) is 0.916. The average molecular weight is 258 g/mol. The van der Waals surface area contributed by atoms with Crippen molar-refractivity contribution in [1.29, 1.82) is 0 Å². The van der Waals surface area contributed by atoms with Crippen LogP contribution in [0.15, 0.2) is 18.2 Å². The molecular formula is C16H22N2O. The van der Waals surface area contributed by atoms with Crippen LogP contribution in [0.3, 0.4) is 0 Å². The number of benzene rings is 1. The van der Waals surface area contributed by atoms with Crippen LogP contribution in [0, 0.1) is 6.92 Å². The lowest BCUT2D eigenvalue weighted by Gasteiger charge is -2.19. The number of hydrogen-bond donors (Lipinski definition) is 1. The number of fused-ring (bicyclic) bond motifs is 1. The summed E-state index contributed by atoms with van der Waals surface area (Å²) in [6.07, 6.45) is 3.74. The average Bonchev–Trinajstić information content (AvgIpc) is 2.94.